The summed E-state index contributed by atoms with van der Waals surface area (Å²) in [4.78, 5) is 14.4. The van der Waals surface area contributed by atoms with Gasteiger partial charge in [-0.25, -0.2) is 0 Å². The topological polar surface area (TPSA) is 53.6 Å². The third kappa shape index (κ3) is 6.18. The van der Waals surface area contributed by atoms with Gasteiger partial charge in [0, 0.05) is 11.1 Å². The fourth-order valence-corrected chi connectivity index (χ4v) is 2.94. The molecule has 5 nitrogen and oxygen atoms in total. The number of nitrogens with zero attached hydrogens (tertiary/aromatic N) is 1. The summed E-state index contributed by atoms with van der Waals surface area (Å²) in [6.07, 6.45) is 3.35. The molecule has 1 unspecified atom stereocenters. The van der Waals surface area contributed by atoms with Gasteiger partial charge in [-0.1, -0.05) is 11.6 Å². The number of hydrogen-bond acceptors (Lipinski definition) is 4. The zero-order valence-electron chi connectivity index (χ0n) is 13.6. The number of nitrogens with one attached hydrogen (secondary N) is 2. The van der Waals surface area contributed by atoms with Crippen LogP contribution < -0.4 is 15.4 Å². The maximum atomic E-state index is 12.3. The van der Waals surface area contributed by atoms with Crippen LogP contribution in [0.15, 0.2) is 18.2 Å². The Hall–Kier alpha value is -1.01. The second-order valence-corrected chi connectivity index (χ2v) is 6.08. The first-order valence-electron chi connectivity index (χ1n) is 7.64. The van der Waals surface area contributed by atoms with E-state index in [-0.39, 0.29) is 18.3 Å². The molecule has 2 rings (SSSR count). The van der Waals surface area contributed by atoms with Crippen LogP contribution in [0, 0.1) is 0 Å². The lowest BCUT2D eigenvalue weighted by Crippen LogP contribution is -2.38. The molecule has 1 saturated heterocycles. The van der Waals surface area contributed by atoms with Crippen molar-refractivity contribution in [2.45, 2.75) is 25.3 Å². The number of likely N-dealkylation sites (N-methyl/N-ethyl adjacent to an activating group) is 1. The number of carbonyl (C=O) groups is 1. The molecule has 23 heavy (non-hydrogen) atoms. The second kappa shape index (κ2) is 9.98. The number of amides is 1. The van der Waals surface area contributed by atoms with Gasteiger partial charge in [0.15, 0.2) is 0 Å². The van der Waals surface area contributed by atoms with Crippen LogP contribution >= 0.6 is 24.0 Å². The number of hydrogen-bond donors (Lipinski definition) is 2. The number of benzene rings is 1. The molecule has 1 amide bonds. The van der Waals surface area contributed by atoms with Gasteiger partial charge in [-0.05, 0) is 57.6 Å². The number of ether oxygens (including phenoxy) is 1. The number of rotatable bonds is 5. The van der Waals surface area contributed by atoms with E-state index in [1.165, 1.54) is 0 Å². The third-order valence-electron chi connectivity index (χ3n) is 4.00. The van der Waals surface area contributed by atoms with Gasteiger partial charge in [-0.2, -0.15) is 0 Å². The lowest BCUT2D eigenvalue weighted by Gasteiger charge is -2.26. The van der Waals surface area contributed by atoms with Crippen LogP contribution in [0.25, 0.3) is 0 Å². The van der Waals surface area contributed by atoms with Crippen molar-refractivity contribution in [3.8, 4) is 5.75 Å². The van der Waals surface area contributed by atoms with Crippen LogP contribution in [-0.4, -0.2) is 50.6 Å². The largest absolute Gasteiger partial charge is 0.495 e. The summed E-state index contributed by atoms with van der Waals surface area (Å²) in [5.41, 5.74) is 0.607. The van der Waals surface area contributed by atoms with Gasteiger partial charge in [-0.3, -0.25) is 9.69 Å². The molecule has 1 aliphatic rings. The Morgan fingerprint density at radius 1 is 1.43 bits per heavy atom. The molecule has 130 valence electrons. The van der Waals surface area contributed by atoms with E-state index in [1.807, 2.05) is 7.05 Å². The van der Waals surface area contributed by atoms with E-state index in [2.05, 4.69) is 15.5 Å². The summed E-state index contributed by atoms with van der Waals surface area (Å²) in [6, 6.07) is 5.63. The van der Waals surface area contributed by atoms with Crippen molar-refractivity contribution in [1.82, 2.24) is 10.2 Å². The minimum atomic E-state index is -0.0553. The standard InChI is InChI=1S/C16H24ClN3O2.ClH/c1-20(13-4-3-8-18-9-7-13)11-16(21)19-14-10-12(17)5-6-15(14)22-2;/h5-6,10,13,18H,3-4,7-9,11H2,1-2H3,(H,19,21);1H. The maximum Gasteiger partial charge on any atom is 0.238 e. The SMILES string of the molecule is COc1ccc(Cl)cc1NC(=O)CN(C)C1CCCNCC1.Cl. The summed E-state index contributed by atoms with van der Waals surface area (Å²) in [5.74, 6) is 0.555. The van der Waals surface area contributed by atoms with Crippen LogP contribution in [0.5, 0.6) is 5.75 Å². The molecule has 0 saturated carbocycles. The summed E-state index contributed by atoms with van der Waals surface area (Å²) in [7, 11) is 3.58. The highest BCUT2D eigenvalue weighted by atomic mass is 35.5. The van der Waals surface area contributed by atoms with Crippen LogP contribution in [-0.2, 0) is 4.79 Å². The first-order valence-corrected chi connectivity index (χ1v) is 8.02. The second-order valence-electron chi connectivity index (χ2n) is 5.64. The van der Waals surface area contributed by atoms with Crippen LogP contribution in [0.3, 0.4) is 0 Å². The Bertz CT molecular complexity index is 506. The minimum Gasteiger partial charge on any atom is -0.495 e. The van der Waals surface area contributed by atoms with Crippen molar-refractivity contribution < 1.29 is 9.53 Å². The number of carbonyl (C=O) groups excluding carboxylic acids is 1. The lowest BCUT2D eigenvalue weighted by molar-refractivity contribution is -0.117. The average Bonchev–Trinajstić information content (AvgIpc) is 2.76. The van der Waals surface area contributed by atoms with Crippen LogP contribution in [0.1, 0.15) is 19.3 Å². The number of methoxy groups -OCH3 is 1. The third-order valence-corrected chi connectivity index (χ3v) is 4.23. The summed E-state index contributed by atoms with van der Waals surface area (Å²) in [6.45, 7) is 2.44. The van der Waals surface area contributed by atoms with Gasteiger partial charge in [0.1, 0.15) is 5.75 Å². The van der Waals surface area contributed by atoms with Crippen molar-refractivity contribution in [1.29, 1.82) is 0 Å². The first-order chi connectivity index (χ1) is 10.6. The molecule has 0 bridgehead atoms. The Labute approximate surface area is 149 Å². The monoisotopic (exact) mass is 361 g/mol. The molecule has 0 radical (unpaired) electrons. The molecule has 1 aromatic carbocycles. The van der Waals surface area contributed by atoms with Gasteiger partial charge in [0.25, 0.3) is 0 Å². The van der Waals surface area contributed by atoms with E-state index in [4.69, 9.17) is 16.3 Å². The molecule has 1 atom stereocenters. The molecular weight excluding hydrogens is 337 g/mol. The van der Waals surface area contributed by atoms with Gasteiger partial charge >= 0.3 is 0 Å². The Morgan fingerprint density at radius 2 is 2.22 bits per heavy atom. The summed E-state index contributed by atoms with van der Waals surface area (Å²) >= 11 is 5.98. The quantitative estimate of drug-likeness (QED) is 0.846. The molecule has 1 aliphatic heterocycles. The van der Waals surface area contributed by atoms with Gasteiger partial charge in [0.2, 0.25) is 5.91 Å². The Kier molecular flexibility index (Phi) is 8.69. The summed E-state index contributed by atoms with van der Waals surface area (Å²) < 4.78 is 5.24. The highest BCUT2D eigenvalue weighted by Gasteiger charge is 2.19. The highest BCUT2D eigenvalue weighted by molar-refractivity contribution is 6.31. The van der Waals surface area contributed by atoms with E-state index in [0.717, 1.165) is 32.4 Å². The first kappa shape index (κ1) is 20.0. The fraction of sp³-hybridized carbons (Fsp3) is 0.562. The summed E-state index contributed by atoms with van der Waals surface area (Å²) in [5, 5.41) is 6.84. The Morgan fingerprint density at radius 3 is 2.96 bits per heavy atom. The smallest absolute Gasteiger partial charge is 0.238 e. The molecule has 1 fully saturated rings. The Balaban J connectivity index is 0.00000264. The zero-order valence-corrected chi connectivity index (χ0v) is 15.2. The highest BCUT2D eigenvalue weighted by Crippen LogP contribution is 2.27. The van der Waals surface area contributed by atoms with Crippen molar-refractivity contribution in [2.24, 2.45) is 0 Å². The van der Waals surface area contributed by atoms with E-state index < -0.39 is 0 Å². The predicted octanol–water partition coefficient (Wildman–Crippen LogP) is 2.78. The van der Waals surface area contributed by atoms with E-state index in [9.17, 15) is 4.79 Å². The minimum absolute atomic E-state index is 0. The van der Waals surface area contributed by atoms with E-state index >= 15 is 0 Å². The number of halogens is 2. The fourth-order valence-electron chi connectivity index (χ4n) is 2.76. The number of anilines is 1. The molecule has 7 heteroatoms. The van der Waals surface area contributed by atoms with Gasteiger partial charge in [0.05, 0.1) is 19.3 Å². The zero-order chi connectivity index (χ0) is 15.9. The molecule has 0 aliphatic carbocycles. The van der Waals surface area contributed by atoms with Crippen molar-refractivity contribution >= 4 is 35.6 Å². The van der Waals surface area contributed by atoms with Gasteiger partial charge in [-0.15, -0.1) is 12.4 Å². The molecular formula is C16H25Cl2N3O2. The van der Waals surface area contributed by atoms with E-state index in [1.54, 1.807) is 25.3 Å². The normalized spacial score (nSPS) is 18.0. The molecule has 0 spiro atoms. The molecule has 2 N–H and O–H groups in total. The maximum absolute atomic E-state index is 12.3. The van der Waals surface area contributed by atoms with Gasteiger partial charge < -0.3 is 15.4 Å². The average molecular weight is 362 g/mol. The van der Waals surface area contributed by atoms with Crippen LogP contribution in [0.4, 0.5) is 5.69 Å². The van der Waals surface area contributed by atoms with E-state index in [0.29, 0.717) is 29.0 Å². The van der Waals surface area contributed by atoms with Crippen LogP contribution in [0.2, 0.25) is 5.02 Å². The van der Waals surface area contributed by atoms with Crippen molar-refractivity contribution in [3.63, 3.8) is 0 Å². The molecule has 1 aromatic rings. The molecule has 0 aromatic heterocycles. The van der Waals surface area contributed by atoms with Crippen molar-refractivity contribution in [3.05, 3.63) is 23.2 Å². The lowest BCUT2D eigenvalue weighted by atomic mass is 10.1. The molecule has 1 heterocycles. The predicted molar refractivity (Wildman–Crippen MR) is 97.0 cm³/mol. The van der Waals surface area contributed by atoms with Crippen molar-refractivity contribution in [2.75, 3.05) is 39.1 Å².